The van der Waals surface area contributed by atoms with Gasteiger partial charge in [-0.15, -0.1) is 0 Å². The minimum Gasteiger partial charge on any atom is -0.329 e. The molecule has 2 N–H and O–H groups in total. The van der Waals surface area contributed by atoms with Crippen molar-refractivity contribution >= 4 is 0 Å². The number of hydrogen-bond acceptors (Lipinski definition) is 3. The summed E-state index contributed by atoms with van der Waals surface area (Å²) in [4.78, 5) is 5.03. The fraction of sp³-hybridized carbons (Fsp3) is 1.00. The highest BCUT2D eigenvalue weighted by Crippen LogP contribution is 2.16. The quantitative estimate of drug-likeness (QED) is 0.760. The summed E-state index contributed by atoms with van der Waals surface area (Å²) in [5.41, 5.74) is 5.77. The van der Waals surface area contributed by atoms with E-state index in [-0.39, 0.29) is 0 Å². The van der Waals surface area contributed by atoms with Crippen molar-refractivity contribution in [2.45, 2.75) is 45.2 Å². The van der Waals surface area contributed by atoms with Gasteiger partial charge in [0.25, 0.3) is 0 Å². The molecule has 0 aromatic carbocycles. The maximum Gasteiger partial charge on any atom is 0.0226 e. The third-order valence-electron chi connectivity index (χ3n) is 3.59. The normalized spacial score (nSPS) is 26.6. The minimum atomic E-state index is 0.520. The Bertz CT molecular complexity index is 172. The highest BCUT2D eigenvalue weighted by Gasteiger charge is 2.23. The van der Waals surface area contributed by atoms with E-state index >= 15 is 0 Å². The zero-order valence-electron chi connectivity index (χ0n) is 10.6. The fourth-order valence-corrected chi connectivity index (χ4v) is 2.64. The molecule has 0 aromatic rings. The largest absolute Gasteiger partial charge is 0.329 e. The summed E-state index contributed by atoms with van der Waals surface area (Å²) in [5.74, 6) is 0. The van der Waals surface area contributed by atoms with Gasteiger partial charge < -0.3 is 10.6 Å². The Balaban J connectivity index is 2.56. The number of likely N-dealkylation sites (tertiary alicyclic amines) is 1. The molecule has 1 heterocycles. The molecule has 0 aliphatic carbocycles. The van der Waals surface area contributed by atoms with Gasteiger partial charge in [0.2, 0.25) is 0 Å². The van der Waals surface area contributed by atoms with Crippen molar-refractivity contribution in [3.05, 3.63) is 0 Å². The molecule has 0 saturated carbocycles. The van der Waals surface area contributed by atoms with E-state index in [4.69, 9.17) is 5.73 Å². The Morgan fingerprint density at radius 1 is 1.47 bits per heavy atom. The average molecular weight is 213 g/mol. The van der Waals surface area contributed by atoms with Gasteiger partial charge in [-0.1, -0.05) is 13.3 Å². The first kappa shape index (κ1) is 12.9. The third kappa shape index (κ3) is 3.74. The number of nitrogens with zero attached hydrogens (tertiary/aromatic N) is 2. The lowest BCUT2D eigenvalue weighted by Crippen LogP contribution is -2.48. The number of likely N-dealkylation sites (N-methyl/N-ethyl adjacent to an activating group) is 2. The molecule has 2 atom stereocenters. The molecule has 0 aromatic heterocycles. The van der Waals surface area contributed by atoms with E-state index in [0.717, 1.165) is 13.1 Å². The monoisotopic (exact) mass is 213 g/mol. The molecule has 15 heavy (non-hydrogen) atoms. The van der Waals surface area contributed by atoms with Crippen LogP contribution < -0.4 is 5.73 Å². The fourth-order valence-electron chi connectivity index (χ4n) is 2.64. The Morgan fingerprint density at radius 2 is 2.20 bits per heavy atom. The summed E-state index contributed by atoms with van der Waals surface area (Å²) >= 11 is 0. The highest BCUT2D eigenvalue weighted by molar-refractivity contribution is 4.81. The second kappa shape index (κ2) is 6.46. The lowest BCUT2D eigenvalue weighted by molar-refractivity contribution is 0.125. The number of nitrogens with two attached hydrogens (primary N) is 1. The van der Waals surface area contributed by atoms with Crippen LogP contribution in [0, 0.1) is 0 Å². The lowest BCUT2D eigenvalue weighted by Gasteiger charge is -2.36. The van der Waals surface area contributed by atoms with E-state index in [2.05, 4.69) is 30.7 Å². The van der Waals surface area contributed by atoms with Gasteiger partial charge in [0.15, 0.2) is 0 Å². The Hall–Kier alpha value is -0.120. The van der Waals surface area contributed by atoms with Gasteiger partial charge in [-0.2, -0.15) is 0 Å². The van der Waals surface area contributed by atoms with E-state index in [9.17, 15) is 0 Å². The van der Waals surface area contributed by atoms with Crippen LogP contribution in [0.15, 0.2) is 0 Å². The SMILES string of the molecule is CCN(C(C)CN)C1CCCCN(C)C1. The second-order valence-electron chi connectivity index (χ2n) is 4.83. The van der Waals surface area contributed by atoms with E-state index in [1.165, 1.54) is 32.4 Å². The van der Waals surface area contributed by atoms with Crippen molar-refractivity contribution in [3.63, 3.8) is 0 Å². The van der Waals surface area contributed by atoms with Crippen LogP contribution in [-0.2, 0) is 0 Å². The number of hydrogen-bond donors (Lipinski definition) is 1. The first-order chi connectivity index (χ1) is 7.19. The van der Waals surface area contributed by atoms with Crippen molar-refractivity contribution in [3.8, 4) is 0 Å². The van der Waals surface area contributed by atoms with Gasteiger partial charge in [-0.25, -0.2) is 0 Å². The number of rotatable bonds is 4. The van der Waals surface area contributed by atoms with Crippen molar-refractivity contribution < 1.29 is 0 Å². The maximum atomic E-state index is 5.77. The molecule has 3 heteroatoms. The summed E-state index contributed by atoms with van der Waals surface area (Å²) in [7, 11) is 2.24. The first-order valence-corrected chi connectivity index (χ1v) is 6.33. The van der Waals surface area contributed by atoms with E-state index in [1.54, 1.807) is 0 Å². The second-order valence-corrected chi connectivity index (χ2v) is 4.83. The molecule has 1 rings (SSSR count). The smallest absolute Gasteiger partial charge is 0.0226 e. The third-order valence-corrected chi connectivity index (χ3v) is 3.59. The zero-order chi connectivity index (χ0) is 11.3. The topological polar surface area (TPSA) is 32.5 Å². The summed E-state index contributed by atoms with van der Waals surface area (Å²) < 4.78 is 0. The van der Waals surface area contributed by atoms with Gasteiger partial charge in [0.1, 0.15) is 0 Å². The summed E-state index contributed by atoms with van der Waals surface area (Å²) in [6.45, 7) is 8.85. The van der Waals surface area contributed by atoms with Crippen LogP contribution in [0.2, 0.25) is 0 Å². The standard InChI is InChI=1S/C12H27N3/c1-4-15(11(2)9-13)12-7-5-6-8-14(3)10-12/h11-12H,4-10,13H2,1-3H3. The van der Waals surface area contributed by atoms with E-state index < -0.39 is 0 Å². The van der Waals surface area contributed by atoms with Crippen LogP contribution in [0.1, 0.15) is 33.1 Å². The van der Waals surface area contributed by atoms with Gasteiger partial charge in [0, 0.05) is 25.2 Å². The summed E-state index contributed by atoms with van der Waals surface area (Å²) in [5, 5.41) is 0. The predicted molar refractivity (Wildman–Crippen MR) is 66.0 cm³/mol. The molecule has 0 bridgehead atoms. The van der Waals surface area contributed by atoms with Crippen LogP contribution in [0.4, 0.5) is 0 Å². The zero-order valence-corrected chi connectivity index (χ0v) is 10.6. The summed E-state index contributed by atoms with van der Waals surface area (Å²) in [6, 6.07) is 1.23. The molecule has 0 amide bonds. The van der Waals surface area contributed by atoms with Crippen LogP contribution in [0.5, 0.6) is 0 Å². The van der Waals surface area contributed by atoms with Crippen LogP contribution in [0.3, 0.4) is 0 Å². The van der Waals surface area contributed by atoms with Crippen LogP contribution in [0.25, 0.3) is 0 Å². The Kier molecular flexibility index (Phi) is 5.58. The Morgan fingerprint density at radius 3 is 2.80 bits per heavy atom. The van der Waals surface area contributed by atoms with Crippen molar-refractivity contribution in [1.82, 2.24) is 9.80 Å². The molecule has 3 nitrogen and oxygen atoms in total. The van der Waals surface area contributed by atoms with Crippen molar-refractivity contribution in [1.29, 1.82) is 0 Å². The molecule has 0 radical (unpaired) electrons. The average Bonchev–Trinajstić information content (AvgIpc) is 2.44. The molecule has 2 unspecified atom stereocenters. The molecule has 1 fully saturated rings. The van der Waals surface area contributed by atoms with Crippen LogP contribution >= 0.6 is 0 Å². The molecule has 90 valence electrons. The van der Waals surface area contributed by atoms with Crippen molar-refractivity contribution in [2.24, 2.45) is 5.73 Å². The molecular formula is C12H27N3. The lowest BCUT2D eigenvalue weighted by atomic mass is 10.1. The highest BCUT2D eigenvalue weighted by atomic mass is 15.2. The molecule has 0 spiro atoms. The molecular weight excluding hydrogens is 186 g/mol. The summed E-state index contributed by atoms with van der Waals surface area (Å²) in [6.07, 6.45) is 4.05. The van der Waals surface area contributed by atoms with Gasteiger partial charge in [-0.05, 0) is 39.9 Å². The van der Waals surface area contributed by atoms with E-state index in [1.807, 2.05) is 0 Å². The Labute approximate surface area is 94.6 Å². The minimum absolute atomic E-state index is 0.520. The first-order valence-electron chi connectivity index (χ1n) is 6.33. The molecule has 1 saturated heterocycles. The molecule has 1 aliphatic rings. The van der Waals surface area contributed by atoms with Gasteiger partial charge in [-0.3, -0.25) is 4.90 Å². The van der Waals surface area contributed by atoms with Gasteiger partial charge in [0.05, 0.1) is 0 Å². The molecule has 1 aliphatic heterocycles. The van der Waals surface area contributed by atoms with E-state index in [0.29, 0.717) is 12.1 Å². The van der Waals surface area contributed by atoms with Crippen molar-refractivity contribution in [2.75, 3.05) is 33.2 Å². The van der Waals surface area contributed by atoms with Crippen LogP contribution in [-0.4, -0.2) is 55.1 Å². The maximum absolute atomic E-state index is 5.77. The predicted octanol–water partition coefficient (Wildman–Crippen LogP) is 1.14. The van der Waals surface area contributed by atoms with Gasteiger partial charge >= 0.3 is 0 Å².